The van der Waals surface area contributed by atoms with Gasteiger partial charge in [0.1, 0.15) is 11.6 Å². The van der Waals surface area contributed by atoms with Gasteiger partial charge in [0.2, 0.25) is 5.91 Å². The van der Waals surface area contributed by atoms with Crippen molar-refractivity contribution in [2.45, 2.75) is 51.5 Å². The maximum atomic E-state index is 14.3. The standard InChI is InChI=1S/C23H25F2N5O2/c1-14-27-22-20(25)9-16(13-29(22)28-14)8-15-2-4-17(5-3-15)23(31)30-21(6-7-32-30)18-10-19(24)12-26-11-18/h9-13,15,17,21H,2-8H2,1H3/t15?,17?,21-/m0/s1. The van der Waals surface area contributed by atoms with Crippen LogP contribution in [-0.2, 0) is 16.1 Å². The number of hydroxylamine groups is 2. The zero-order valence-corrected chi connectivity index (χ0v) is 17.9. The highest BCUT2D eigenvalue weighted by molar-refractivity contribution is 5.78. The van der Waals surface area contributed by atoms with Gasteiger partial charge in [-0.3, -0.25) is 14.6 Å². The summed E-state index contributed by atoms with van der Waals surface area (Å²) in [6.07, 6.45) is 9.22. The molecule has 1 amide bonds. The fourth-order valence-electron chi connectivity index (χ4n) is 4.94. The second-order valence-corrected chi connectivity index (χ2v) is 8.78. The van der Waals surface area contributed by atoms with Crippen molar-refractivity contribution in [1.29, 1.82) is 0 Å². The largest absolute Gasteiger partial charge is 0.272 e. The Kier molecular flexibility index (Phi) is 5.58. The molecule has 0 aromatic carbocycles. The molecular weight excluding hydrogens is 416 g/mol. The molecule has 9 heteroatoms. The second-order valence-electron chi connectivity index (χ2n) is 8.78. The molecule has 0 spiro atoms. The van der Waals surface area contributed by atoms with Crippen LogP contribution in [0, 0.1) is 30.4 Å². The van der Waals surface area contributed by atoms with Crippen molar-refractivity contribution in [3.05, 3.63) is 59.3 Å². The van der Waals surface area contributed by atoms with Gasteiger partial charge in [-0.25, -0.2) is 23.3 Å². The van der Waals surface area contributed by atoms with Crippen LogP contribution in [0.25, 0.3) is 5.65 Å². The first-order chi connectivity index (χ1) is 15.5. The summed E-state index contributed by atoms with van der Waals surface area (Å²) in [5.41, 5.74) is 1.79. The zero-order valence-electron chi connectivity index (χ0n) is 17.9. The number of fused-ring (bicyclic) bond motifs is 1. The second kappa shape index (κ2) is 8.54. The Labute approximate surface area is 184 Å². The number of halogens is 2. The lowest BCUT2D eigenvalue weighted by Gasteiger charge is -2.32. The Bertz CT molecular complexity index is 1140. The van der Waals surface area contributed by atoms with E-state index in [2.05, 4.69) is 15.1 Å². The summed E-state index contributed by atoms with van der Waals surface area (Å²) in [5, 5.41) is 5.65. The number of nitrogens with zero attached hydrogens (tertiary/aromatic N) is 5. The van der Waals surface area contributed by atoms with Gasteiger partial charge in [-0.15, -0.1) is 0 Å². The van der Waals surface area contributed by atoms with Gasteiger partial charge in [0.15, 0.2) is 11.5 Å². The van der Waals surface area contributed by atoms with Crippen LogP contribution >= 0.6 is 0 Å². The minimum Gasteiger partial charge on any atom is -0.272 e. The Morgan fingerprint density at radius 1 is 1.16 bits per heavy atom. The predicted molar refractivity (Wildman–Crippen MR) is 111 cm³/mol. The average molecular weight is 441 g/mol. The van der Waals surface area contributed by atoms with Crippen LogP contribution < -0.4 is 0 Å². The van der Waals surface area contributed by atoms with Gasteiger partial charge in [0.25, 0.3) is 0 Å². The average Bonchev–Trinajstić information content (AvgIpc) is 3.40. The molecule has 2 aliphatic rings. The molecule has 5 rings (SSSR count). The number of pyridine rings is 2. The molecule has 4 heterocycles. The molecule has 7 nitrogen and oxygen atoms in total. The molecule has 0 radical (unpaired) electrons. The summed E-state index contributed by atoms with van der Waals surface area (Å²) in [5.74, 6) is -0.0277. The molecule has 1 saturated heterocycles. The Morgan fingerprint density at radius 2 is 1.97 bits per heavy atom. The van der Waals surface area contributed by atoms with Crippen LogP contribution in [0.1, 0.15) is 55.1 Å². The lowest BCUT2D eigenvalue weighted by Crippen LogP contribution is -2.36. The molecule has 168 valence electrons. The van der Waals surface area contributed by atoms with E-state index in [9.17, 15) is 13.6 Å². The summed E-state index contributed by atoms with van der Waals surface area (Å²) in [4.78, 5) is 26.8. The summed E-state index contributed by atoms with van der Waals surface area (Å²) in [6, 6.07) is 2.65. The van der Waals surface area contributed by atoms with E-state index in [0.29, 0.717) is 30.3 Å². The highest BCUT2D eigenvalue weighted by atomic mass is 19.1. The molecule has 2 fully saturated rings. The Morgan fingerprint density at radius 3 is 2.75 bits per heavy atom. The third-order valence-corrected chi connectivity index (χ3v) is 6.50. The highest BCUT2D eigenvalue weighted by Gasteiger charge is 2.37. The number of aryl methyl sites for hydroxylation is 1. The number of amides is 1. The van der Waals surface area contributed by atoms with Gasteiger partial charge >= 0.3 is 0 Å². The van der Waals surface area contributed by atoms with Gasteiger partial charge in [0, 0.05) is 24.7 Å². The van der Waals surface area contributed by atoms with Crippen LogP contribution in [-0.4, -0.2) is 37.2 Å². The fraction of sp³-hybridized carbons (Fsp3) is 0.478. The van der Waals surface area contributed by atoms with Crippen molar-refractivity contribution in [2.24, 2.45) is 11.8 Å². The van der Waals surface area contributed by atoms with E-state index in [1.807, 2.05) is 6.20 Å². The fourth-order valence-corrected chi connectivity index (χ4v) is 4.94. The first kappa shape index (κ1) is 20.9. The molecule has 0 unspecified atom stereocenters. The Hall–Kier alpha value is -2.94. The zero-order chi connectivity index (χ0) is 22.2. The molecule has 32 heavy (non-hydrogen) atoms. The molecule has 0 N–H and O–H groups in total. The molecule has 1 atom stereocenters. The van der Waals surface area contributed by atoms with E-state index < -0.39 is 5.82 Å². The highest BCUT2D eigenvalue weighted by Crippen LogP contribution is 2.37. The number of aromatic nitrogens is 4. The van der Waals surface area contributed by atoms with Gasteiger partial charge in [-0.2, -0.15) is 5.10 Å². The van der Waals surface area contributed by atoms with Gasteiger partial charge in [-0.05, 0) is 68.2 Å². The van der Waals surface area contributed by atoms with Gasteiger partial charge in [0.05, 0.1) is 18.8 Å². The summed E-state index contributed by atoms with van der Waals surface area (Å²) in [6.45, 7) is 2.17. The maximum absolute atomic E-state index is 14.3. The van der Waals surface area contributed by atoms with Crippen molar-refractivity contribution in [3.63, 3.8) is 0 Å². The Balaban J connectivity index is 1.21. The summed E-state index contributed by atoms with van der Waals surface area (Å²) >= 11 is 0. The number of hydrogen-bond donors (Lipinski definition) is 0. The van der Waals surface area contributed by atoms with Crippen LogP contribution in [0.2, 0.25) is 0 Å². The van der Waals surface area contributed by atoms with Crippen molar-refractivity contribution >= 4 is 11.6 Å². The topological polar surface area (TPSA) is 72.6 Å². The van der Waals surface area contributed by atoms with Gasteiger partial charge < -0.3 is 0 Å². The molecular formula is C23H25F2N5O2. The quantitative estimate of drug-likeness (QED) is 0.613. The molecule has 3 aromatic rings. The third kappa shape index (κ3) is 4.09. The molecule has 1 aliphatic heterocycles. The van der Waals surface area contributed by atoms with E-state index in [-0.39, 0.29) is 29.3 Å². The molecule has 0 bridgehead atoms. The van der Waals surface area contributed by atoms with E-state index in [4.69, 9.17) is 4.84 Å². The first-order valence-electron chi connectivity index (χ1n) is 11.1. The first-order valence-corrected chi connectivity index (χ1v) is 11.1. The van der Waals surface area contributed by atoms with E-state index >= 15 is 0 Å². The van der Waals surface area contributed by atoms with Crippen LogP contribution in [0.4, 0.5) is 8.78 Å². The monoisotopic (exact) mass is 441 g/mol. The minimum absolute atomic E-state index is 0.0410. The lowest BCUT2D eigenvalue weighted by atomic mass is 9.79. The van der Waals surface area contributed by atoms with Crippen LogP contribution in [0.15, 0.2) is 30.7 Å². The lowest BCUT2D eigenvalue weighted by molar-refractivity contribution is -0.183. The van der Waals surface area contributed by atoms with Crippen LogP contribution in [0.5, 0.6) is 0 Å². The van der Waals surface area contributed by atoms with E-state index in [0.717, 1.165) is 43.9 Å². The third-order valence-electron chi connectivity index (χ3n) is 6.50. The molecule has 1 aliphatic carbocycles. The van der Waals surface area contributed by atoms with Crippen molar-refractivity contribution in [2.75, 3.05) is 6.61 Å². The molecule has 1 saturated carbocycles. The molecule has 3 aromatic heterocycles. The number of carbonyl (C=O) groups is 1. The normalized spacial score (nSPS) is 23.7. The van der Waals surface area contributed by atoms with Crippen molar-refractivity contribution in [1.82, 2.24) is 24.6 Å². The van der Waals surface area contributed by atoms with Gasteiger partial charge in [-0.1, -0.05) is 0 Å². The summed E-state index contributed by atoms with van der Waals surface area (Å²) in [7, 11) is 0. The number of hydrogen-bond acceptors (Lipinski definition) is 5. The number of rotatable bonds is 4. The van der Waals surface area contributed by atoms with Crippen LogP contribution in [0.3, 0.4) is 0 Å². The SMILES string of the molecule is Cc1nc2c(F)cc(CC3CCC(C(=O)N4OCC[C@H]4c4cncc(F)c4)CC3)cn2n1. The van der Waals surface area contributed by atoms with Crippen molar-refractivity contribution < 1.29 is 18.4 Å². The van der Waals surface area contributed by atoms with E-state index in [1.165, 1.54) is 21.7 Å². The predicted octanol–water partition coefficient (Wildman–Crippen LogP) is 3.97. The minimum atomic E-state index is -0.419. The summed E-state index contributed by atoms with van der Waals surface area (Å²) < 4.78 is 29.4. The van der Waals surface area contributed by atoms with Crippen molar-refractivity contribution in [3.8, 4) is 0 Å². The van der Waals surface area contributed by atoms with E-state index in [1.54, 1.807) is 13.1 Å². The number of carbonyl (C=O) groups excluding carboxylic acids is 1. The smallest absolute Gasteiger partial charge is 0.249 e. The maximum Gasteiger partial charge on any atom is 0.249 e.